The Labute approximate surface area is 126 Å². The smallest absolute Gasteiger partial charge is 0.257 e. The Morgan fingerprint density at radius 3 is 2.29 bits per heavy atom. The van der Waals surface area contributed by atoms with E-state index in [1.807, 2.05) is 32.6 Å². The highest BCUT2D eigenvalue weighted by molar-refractivity contribution is 5.97. The van der Waals surface area contributed by atoms with Crippen LogP contribution in [0.2, 0.25) is 0 Å². The van der Waals surface area contributed by atoms with Crippen molar-refractivity contribution >= 4 is 5.91 Å². The molecule has 5 nitrogen and oxygen atoms in total. The van der Waals surface area contributed by atoms with Crippen LogP contribution in [0.5, 0.6) is 0 Å². The maximum absolute atomic E-state index is 12.6. The lowest BCUT2D eigenvalue weighted by molar-refractivity contribution is 0.0522. The molecule has 1 aliphatic heterocycles. The van der Waals surface area contributed by atoms with E-state index in [0.717, 1.165) is 36.4 Å². The minimum atomic E-state index is -0.270. The second kappa shape index (κ2) is 6.62. The minimum Gasteiger partial charge on any atom is -0.466 e. The molecular formula is C16H26N2O3. The normalized spacial score (nSPS) is 18.0. The Bertz CT molecular complexity index is 502. The van der Waals surface area contributed by atoms with E-state index >= 15 is 0 Å². The number of aliphatic hydroxyl groups excluding tert-OH is 1. The predicted octanol–water partition coefficient (Wildman–Crippen LogP) is 1.73. The van der Waals surface area contributed by atoms with Crippen LogP contribution in [0.4, 0.5) is 0 Å². The van der Waals surface area contributed by atoms with Crippen molar-refractivity contribution in [3.05, 3.63) is 22.6 Å². The van der Waals surface area contributed by atoms with Crippen molar-refractivity contribution in [2.75, 3.05) is 32.7 Å². The van der Waals surface area contributed by atoms with Gasteiger partial charge in [-0.1, -0.05) is 6.92 Å². The van der Waals surface area contributed by atoms with Crippen LogP contribution in [0.25, 0.3) is 0 Å². The van der Waals surface area contributed by atoms with Gasteiger partial charge in [0.05, 0.1) is 11.7 Å². The average molecular weight is 294 g/mol. The summed E-state index contributed by atoms with van der Waals surface area (Å²) in [4.78, 5) is 16.7. The molecule has 0 bridgehead atoms. The Balaban J connectivity index is 1.97. The van der Waals surface area contributed by atoms with E-state index in [-0.39, 0.29) is 12.0 Å². The topological polar surface area (TPSA) is 56.9 Å². The van der Waals surface area contributed by atoms with Crippen molar-refractivity contribution in [2.24, 2.45) is 0 Å². The lowest BCUT2D eigenvalue weighted by Gasteiger charge is -2.35. The molecule has 1 N–H and O–H groups in total. The fraction of sp³-hybridized carbons (Fsp3) is 0.688. The van der Waals surface area contributed by atoms with Crippen LogP contribution >= 0.6 is 0 Å². The van der Waals surface area contributed by atoms with Crippen molar-refractivity contribution < 1.29 is 14.3 Å². The molecule has 1 fully saturated rings. The van der Waals surface area contributed by atoms with E-state index < -0.39 is 0 Å². The Morgan fingerprint density at radius 2 is 1.81 bits per heavy atom. The number of hydrogen-bond donors (Lipinski definition) is 1. The maximum atomic E-state index is 12.6. The molecule has 2 heterocycles. The van der Waals surface area contributed by atoms with Crippen LogP contribution in [0.15, 0.2) is 4.42 Å². The van der Waals surface area contributed by atoms with Crippen molar-refractivity contribution in [2.45, 2.75) is 40.2 Å². The van der Waals surface area contributed by atoms with Gasteiger partial charge < -0.3 is 14.4 Å². The number of piperazine rings is 1. The van der Waals surface area contributed by atoms with Gasteiger partial charge in [-0.2, -0.15) is 0 Å². The number of amides is 1. The van der Waals surface area contributed by atoms with E-state index in [9.17, 15) is 9.90 Å². The number of aliphatic hydroxyl groups is 1. The Kier molecular flexibility index (Phi) is 5.06. The van der Waals surface area contributed by atoms with E-state index in [1.54, 1.807) is 0 Å². The van der Waals surface area contributed by atoms with Crippen LogP contribution in [0.1, 0.15) is 40.8 Å². The Hall–Kier alpha value is -1.33. The largest absolute Gasteiger partial charge is 0.466 e. The fourth-order valence-corrected chi connectivity index (χ4v) is 2.83. The number of hydrogen-bond acceptors (Lipinski definition) is 4. The molecule has 0 saturated carbocycles. The number of nitrogens with zero attached hydrogens (tertiary/aromatic N) is 2. The molecule has 1 aromatic heterocycles. The summed E-state index contributed by atoms with van der Waals surface area (Å²) in [6.45, 7) is 11.4. The van der Waals surface area contributed by atoms with Gasteiger partial charge in [0.25, 0.3) is 5.91 Å². The quantitative estimate of drug-likeness (QED) is 0.919. The summed E-state index contributed by atoms with van der Waals surface area (Å²) in [7, 11) is 0. The van der Waals surface area contributed by atoms with Crippen LogP contribution in [0.3, 0.4) is 0 Å². The van der Waals surface area contributed by atoms with Crippen molar-refractivity contribution in [1.29, 1.82) is 0 Å². The molecule has 21 heavy (non-hydrogen) atoms. The highest BCUT2D eigenvalue weighted by atomic mass is 16.3. The lowest BCUT2D eigenvalue weighted by atomic mass is 10.1. The monoisotopic (exact) mass is 294 g/mol. The fourth-order valence-electron chi connectivity index (χ4n) is 2.83. The molecule has 5 heteroatoms. The number of furan rings is 1. The summed E-state index contributed by atoms with van der Waals surface area (Å²) in [5.74, 6) is 1.59. The third-order valence-electron chi connectivity index (χ3n) is 4.37. The molecule has 1 aromatic rings. The van der Waals surface area contributed by atoms with Gasteiger partial charge in [-0.25, -0.2) is 0 Å². The first-order chi connectivity index (χ1) is 9.93. The number of carbonyl (C=O) groups excluding carboxylic acids is 1. The predicted molar refractivity (Wildman–Crippen MR) is 81.6 cm³/mol. The van der Waals surface area contributed by atoms with E-state index in [4.69, 9.17) is 4.42 Å². The molecule has 1 amide bonds. The number of β-amino-alcohol motifs (C(OH)–C–C–N with tert-alkyl or cyclic N) is 1. The van der Waals surface area contributed by atoms with Gasteiger partial charge in [-0.05, 0) is 27.2 Å². The molecule has 1 atom stereocenters. The second-order valence-electron chi connectivity index (χ2n) is 5.87. The lowest BCUT2D eigenvalue weighted by Crippen LogP contribution is -2.50. The minimum absolute atomic E-state index is 0.0672. The first-order valence-corrected chi connectivity index (χ1v) is 7.70. The van der Waals surface area contributed by atoms with Gasteiger partial charge in [0.2, 0.25) is 0 Å². The van der Waals surface area contributed by atoms with Crippen LogP contribution < -0.4 is 0 Å². The number of aryl methyl sites for hydroxylation is 2. The highest BCUT2D eigenvalue weighted by Crippen LogP contribution is 2.22. The van der Waals surface area contributed by atoms with Crippen LogP contribution in [0, 0.1) is 20.8 Å². The standard InChI is InChI=1S/C16H26N2O3/c1-5-14(19)10-17-6-8-18(9-7-17)16(20)15-11(2)12(3)21-13(15)4/h14,19H,5-10H2,1-4H3/t14-/m1/s1. The van der Waals surface area contributed by atoms with Gasteiger partial charge in [0.15, 0.2) is 0 Å². The average Bonchev–Trinajstić information content (AvgIpc) is 2.72. The van der Waals surface area contributed by atoms with Crippen LogP contribution in [-0.2, 0) is 0 Å². The highest BCUT2D eigenvalue weighted by Gasteiger charge is 2.27. The summed E-state index contributed by atoms with van der Waals surface area (Å²) in [6, 6.07) is 0. The molecule has 0 unspecified atom stereocenters. The van der Waals surface area contributed by atoms with Gasteiger partial charge in [-0.3, -0.25) is 9.69 Å². The van der Waals surface area contributed by atoms with E-state index in [0.29, 0.717) is 25.4 Å². The zero-order chi connectivity index (χ0) is 15.6. The van der Waals surface area contributed by atoms with Gasteiger partial charge in [-0.15, -0.1) is 0 Å². The first-order valence-electron chi connectivity index (χ1n) is 7.70. The summed E-state index contributed by atoms with van der Waals surface area (Å²) < 4.78 is 5.55. The Morgan fingerprint density at radius 1 is 1.19 bits per heavy atom. The SMILES string of the molecule is CC[C@@H](O)CN1CCN(C(=O)c2c(C)oc(C)c2C)CC1. The zero-order valence-electron chi connectivity index (χ0n) is 13.5. The molecule has 0 spiro atoms. The second-order valence-corrected chi connectivity index (χ2v) is 5.87. The number of rotatable bonds is 4. The van der Waals surface area contributed by atoms with Gasteiger partial charge >= 0.3 is 0 Å². The summed E-state index contributed by atoms with van der Waals surface area (Å²) in [5, 5.41) is 9.70. The van der Waals surface area contributed by atoms with E-state index in [2.05, 4.69) is 4.90 Å². The van der Waals surface area contributed by atoms with E-state index in [1.165, 1.54) is 0 Å². The summed E-state index contributed by atoms with van der Waals surface area (Å²) >= 11 is 0. The summed E-state index contributed by atoms with van der Waals surface area (Å²) in [6.07, 6.45) is 0.500. The van der Waals surface area contributed by atoms with Crippen LogP contribution in [-0.4, -0.2) is 59.6 Å². The molecule has 2 rings (SSSR count). The third-order valence-corrected chi connectivity index (χ3v) is 4.37. The van der Waals surface area contributed by atoms with Crippen molar-refractivity contribution in [1.82, 2.24) is 9.80 Å². The molecular weight excluding hydrogens is 268 g/mol. The maximum Gasteiger partial charge on any atom is 0.257 e. The van der Waals surface area contributed by atoms with Gasteiger partial charge in [0, 0.05) is 38.3 Å². The van der Waals surface area contributed by atoms with Gasteiger partial charge in [0.1, 0.15) is 11.5 Å². The zero-order valence-corrected chi connectivity index (χ0v) is 13.5. The molecule has 0 aliphatic carbocycles. The molecule has 0 aromatic carbocycles. The third kappa shape index (κ3) is 3.47. The molecule has 1 aliphatic rings. The first kappa shape index (κ1) is 16.0. The molecule has 0 radical (unpaired) electrons. The van der Waals surface area contributed by atoms with Crippen molar-refractivity contribution in [3.8, 4) is 0 Å². The molecule has 1 saturated heterocycles. The number of carbonyl (C=O) groups is 1. The summed E-state index contributed by atoms with van der Waals surface area (Å²) in [5.41, 5.74) is 1.66. The van der Waals surface area contributed by atoms with Crippen molar-refractivity contribution in [3.63, 3.8) is 0 Å². The molecule has 118 valence electrons.